The minimum atomic E-state index is -0.173. The summed E-state index contributed by atoms with van der Waals surface area (Å²) in [6.07, 6.45) is 2.54. The van der Waals surface area contributed by atoms with E-state index in [1.54, 1.807) is 7.05 Å². The predicted octanol–water partition coefficient (Wildman–Crippen LogP) is 2.69. The second-order valence-electron chi connectivity index (χ2n) is 5.52. The summed E-state index contributed by atoms with van der Waals surface area (Å²) in [5.41, 5.74) is 6.51. The van der Waals surface area contributed by atoms with Crippen LogP contribution >= 0.6 is 11.3 Å². The summed E-state index contributed by atoms with van der Waals surface area (Å²) < 4.78 is 5.80. The van der Waals surface area contributed by atoms with E-state index in [0.717, 1.165) is 5.00 Å². The van der Waals surface area contributed by atoms with Gasteiger partial charge in [0.1, 0.15) is 15.6 Å². The second kappa shape index (κ2) is 5.91. The zero-order valence-electron chi connectivity index (χ0n) is 12.4. The van der Waals surface area contributed by atoms with Crippen molar-refractivity contribution in [3.63, 3.8) is 0 Å². The molecule has 1 fully saturated rings. The highest BCUT2D eigenvalue weighted by atomic mass is 32.1. The topological polar surface area (TPSA) is 76.4 Å². The molecule has 1 saturated carbocycles. The fourth-order valence-corrected chi connectivity index (χ4v) is 3.18. The molecule has 1 aromatic heterocycles. The molecule has 6 heteroatoms. The number of carbonyl (C=O) groups is 1. The lowest BCUT2D eigenvalue weighted by atomic mass is 10.2. The van der Waals surface area contributed by atoms with Crippen LogP contribution in [0.4, 0.5) is 10.7 Å². The molecule has 1 aliphatic rings. The van der Waals surface area contributed by atoms with Crippen molar-refractivity contribution in [2.45, 2.75) is 45.8 Å². The Bertz CT molecular complexity index is 495. The number of nitrogens with one attached hydrogen (secondary N) is 2. The molecule has 1 aromatic rings. The summed E-state index contributed by atoms with van der Waals surface area (Å²) >= 11 is 1.36. The molecular formula is C14H23N3O2S. The van der Waals surface area contributed by atoms with Crippen molar-refractivity contribution in [3.05, 3.63) is 4.88 Å². The van der Waals surface area contributed by atoms with Crippen molar-refractivity contribution in [2.24, 2.45) is 5.92 Å². The van der Waals surface area contributed by atoms with Crippen LogP contribution in [0, 0.1) is 5.92 Å². The maximum atomic E-state index is 11.9. The van der Waals surface area contributed by atoms with Gasteiger partial charge in [-0.2, -0.15) is 0 Å². The molecule has 0 spiro atoms. The maximum absolute atomic E-state index is 11.9. The zero-order valence-corrected chi connectivity index (χ0v) is 13.3. The average Bonchev–Trinajstić information content (AvgIpc) is 3.19. The van der Waals surface area contributed by atoms with E-state index in [1.165, 1.54) is 24.2 Å². The van der Waals surface area contributed by atoms with Crippen LogP contribution in [-0.2, 0) is 0 Å². The molecule has 5 nitrogen and oxygen atoms in total. The Hall–Kier alpha value is -1.43. The molecule has 1 unspecified atom stereocenters. The van der Waals surface area contributed by atoms with E-state index >= 15 is 0 Å². The monoisotopic (exact) mass is 297 g/mol. The number of ether oxygens (including phenoxy) is 1. The molecule has 1 heterocycles. The number of nitrogen functional groups attached to an aromatic ring is 1. The van der Waals surface area contributed by atoms with Gasteiger partial charge in [-0.05, 0) is 39.5 Å². The maximum Gasteiger partial charge on any atom is 0.263 e. The minimum Gasteiger partial charge on any atom is -0.486 e. The molecule has 2 rings (SSSR count). The van der Waals surface area contributed by atoms with Crippen LogP contribution in [0.25, 0.3) is 0 Å². The summed E-state index contributed by atoms with van der Waals surface area (Å²) in [6.45, 7) is 6.06. The molecule has 0 bridgehead atoms. The number of hydrogen-bond donors (Lipinski definition) is 3. The molecular weight excluding hydrogens is 274 g/mol. The quantitative estimate of drug-likeness (QED) is 0.754. The number of amides is 1. The normalized spacial score (nSPS) is 16.1. The van der Waals surface area contributed by atoms with Crippen LogP contribution in [0.3, 0.4) is 0 Å². The number of anilines is 2. The van der Waals surface area contributed by atoms with Gasteiger partial charge in [0.05, 0.1) is 6.10 Å². The highest BCUT2D eigenvalue weighted by Crippen LogP contribution is 2.45. The Labute approximate surface area is 123 Å². The van der Waals surface area contributed by atoms with Gasteiger partial charge in [-0.1, -0.05) is 0 Å². The fraction of sp³-hybridized carbons (Fsp3) is 0.643. The van der Waals surface area contributed by atoms with Crippen molar-refractivity contribution in [2.75, 3.05) is 18.1 Å². The summed E-state index contributed by atoms with van der Waals surface area (Å²) in [5, 5.41) is 6.92. The first-order valence-electron chi connectivity index (χ1n) is 7.01. The molecule has 0 aliphatic heterocycles. The Morgan fingerprint density at radius 3 is 2.55 bits per heavy atom. The lowest BCUT2D eigenvalue weighted by Crippen LogP contribution is -2.18. The highest BCUT2D eigenvalue weighted by Gasteiger charge is 2.30. The summed E-state index contributed by atoms with van der Waals surface area (Å²) in [7, 11) is 1.60. The van der Waals surface area contributed by atoms with Crippen LogP contribution in [0.5, 0.6) is 5.75 Å². The SMILES string of the molecule is CNC(=O)c1sc(NC(C)C2CC2)c(OC(C)C)c1N. The van der Waals surface area contributed by atoms with Crippen molar-refractivity contribution in [1.29, 1.82) is 0 Å². The van der Waals surface area contributed by atoms with E-state index in [-0.39, 0.29) is 12.0 Å². The molecule has 20 heavy (non-hydrogen) atoms. The Morgan fingerprint density at radius 2 is 2.05 bits per heavy atom. The van der Waals surface area contributed by atoms with Gasteiger partial charge < -0.3 is 21.1 Å². The van der Waals surface area contributed by atoms with Gasteiger partial charge >= 0.3 is 0 Å². The van der Waals surface area contributed by atoms with E-state index in [9.17, 15) is 4.79 Å². The lowest BCUT2D eigenvalue weighted by molar-refractivity contribution is 0.0967. The number of rotatable bonds is 6. The van der Waals surface area contributed by atoms with E-state index < -0.39 is 0 Å². The number of carbonyl (C=O) groups excluding carboxylic acids is 1. The molecule has 1 aliphatic carbocycles. The van der Waals surface area contributed by atoms with Gasteiger partial charge in [0.15, 0.2) is 5.75 Å². The van der Waals surface area contributed by atoms with E-state index in [1.807, 2.05) is 13.8 Å². The van der Waals surface area contributed by atoms with Crippen LogP contribution < -0.4 is 21.1 Å². The molecule has 1 amide bonds. The standard InChI is InChI=1S/C14H23N3O2S/c1-7(2)19-11-10(15)12(13(18)16-4)20-14(11)17-8(3)9-5-6-9/h7-9,17H,5-6,15H2,1-4H3,(H,16,18). The minimum absolute atomic E-state index is 0.0150. The highest BCUT2D eigenvalue weighted by molar-refractivity contribution is 7.19. The Kier molecular flexibility index (Phi) is 4.42. The molecule has 1 atom stereocenters. The van der Waals surface area contributed by atoms with Gasteiger partial charge in [-0.15, -0.1) is 11.3 Å². The van der Waals surface area contributed by atoms with Gasteiger partial charge in [-0.3, -0.25) is 4.79 Å². The third kappa shape index (κ3) is 3.17. The van der Waals surface area contributed by atoms with Crippen LogP contribution in [0.1, 0.15) is 43.3 Å². The van der Waals surface area contributed by atoms with Crippen molar-refractivity contribution >= 4 is 27.9 Å². The molecule has 0 saturated heterocycles. The lowest BCUT2D eigenvalue weighted by Gasteiger charge is -2.16. The van der Waals surface area contributed by atoms with Gasteiger partial charge in [0.2, 0.25) is 0 Å². The largest absolute Gasteiger partial charge is 0.486 e. The number of thiophene rings is 1. The number of hydrogen-bond acceptors (Lipinski definition) is 5. The van der Waals surface area contributed by atoms with E-state index in [4.69, 9.17) is 10.5 Å². The first kappa shape index (κ1) is 15.0. The number of nitrogens with two attached hydrogens (primary N) is 1. The van der Waals surface area contributed by atoms with Crippen molar-refractivity contribution < 1.29 is 9.53 Å². The summed E-state index contributed by atoms with van der Waals surface area (Å²) in [5.74, 6) is 1.15. The van der Waals surface area contributed by atoms with Gasteiger partial charge in [0, 0.05) is 13.1 Å². The first-order valence-corrected chi connectivity index (χ1v) is 7.83. The van der Waals surface area contributed by atoms with E-state index in [2.05, 4.69) is 17.6 Å². The molecule has 0 radical (unpaired) electrons. The third-order valence-corrected chi connectivity index (χ3v) is 4.49. The van der Waals surface area contributed by atoms with Gasteiger partial charge in [-0.25, -0.2) is 0 Å². The Morgan fingerprint density at radius 1 is 1.40 bits per heavy atom. The van der Waals surface area contributed by atoms with Crippen LogP contribution in [-0.4, -0.2) is 25.1 Å². The molecule has 4 N–H and O–H groups in total. The third-order valence-electron chi connectivity index (χ3n) is 3.37. The Balaban J connectivity index is 2.28. The fourth-order valence-electron chi connectivity index (χ4n) is 2.08. The second-order valence-corrected chi connectivity index (χ2v) is 6.54. The van der Waals surface area contributed by atoms with Crippen LogP contribution in [0.15, 0.2) is 0 Å². The van der Waals surface area contributed by atoms with Crippen molar-refractivity contribution in [1.82, 2.24) is 5.32 Å². The smallest absolute Gasteiger partial charge is 0.263 e. The molecule has 0 aromatic carbocycles. The summed E-state index contributed by atoms with van der Waals surface area (Å²) in [6, 6.07) is 0.375. The predicted molar refractivity (Wildman–Crippen MR) is 83.7 cm³/mol. The summed E-state index contributed by atoms with van der Waals surface area (Å²) in [4.78, 5) is 12.4. The first-order chi connectivity index (χ1) is 9.43. The van der Waals surface area contributed by atoms with Crippen LogP contribution in [0.2, 0.25) is 0 Å². The zero-order chi connectivity index (χ0) is 14.9. The van der Waals surface area contributed by atoms with Crippen molar-refractivity contribution in [3.8, 4) is 5.75 Å². The van der Waals surface area contributed by atoms with Gasteiger partial charge in [0.25, 0.3) is 5.91 Å². The average molecular weight is 297 g/mol. The molecule has 112 valence electrons. The van der Waals surface area contributed by atoms with E-state index in [0.29, 0.717) is 28.3 Å².